The second kappa shape index (κ2) is 4.76. The van der Waals surface area contributed by atoms with E-state index in [0.29, 0.717) is 18.8 Å². The molecule has 14 heavy (non-hydrogen) atoms. The normalized spacial score (nSPS) is 10.2. The van der Waals surface area contributed by atoms with E-state index in [-0.39, 0.29) is 5.91 Å². The molecule has 0 aliphatic heterocycles. The lowest BCUT2D eigenvalue weighted by atomic mass is 10.4. The molecule has 0 saturated heterocycles. The third-order valence-electron chi connectivity index (χ3n) is 1.98. The molecule has 5 heteroatoms. The Labute approximate surface area is 83.5 Å². The van der Waals surface area contributed by atoms with Gasteiger partial charge < -0.3 is 15.2 Å². The second-order valence-corrected chi connectivity index (χ2v) is 3.19. The molecule has 0 aliphatic rings. The van der Waals surface area contributed by atoms with Crippen molar-refractivity contribution in [1.29, 1.82) is 0 Å². The smallest absolute Gasteiger partial charge is 0.226 e. The van der Waals surface area contributed by atoms with Crippen LogP contribution in [0.5, 0.6) is 0 Å². The van der Waals surface area contributed by atoms with Crippen LogP contribution in [0.1, 0.15) is 12.2 Å². The van der Waals surface area contributed by atoms with Gasteiger partial charge in [0.1, 0.15) is 5.82 Å². The molecule has 0 saturated carbocycles. The lowest BCUT2D eigenvalue weighted by molar-refractivity contribution is -0.116. The van der Waals surface area contributed by atoms with Crippen LogP contribution in [0.15, 0.2) is 6.20 Å². The minimum absolute atomic E-state index is 0.0162. The summed E-state index contributed by atoms with van der Waals surface area (Å²) in [7, 11) is 3.71. The van der Waals surface area contributed by atoms with Crippen LogP contribution < -0.4 is 10.6 Å². The van der Waals surface area contributed by atoms with Crippen molar-refractivity contribution in [3.05, 3.63) is 12.0 Å². The Morgan fingerprint density at radius 2 is 2.36 bits per heavy atom. The molecule has 1 rings (SSSR count). The summed E-state index contributed by atoms with van der Waals surface area (Å²) in [6, 6.07) is 0. The summed E-state index contributed by atoms with van der Waals surface area (Å²) < 4.78 is 1.87. The van der Waals surface area contributed by atoms with Gasteiger partial charge in [-0.25, -0.2) is 4.98 Å². The van der Waals surface area contributed by atoms with Crippen LogP contribution in [0, 0.1) is 6.92 Å². The summed E-state index contributed by atoms with van der Waals surface area (Å²) in [4.78, 5) is 15.5. The first-order chi connectivity index (χ1) is 6.63. The largest absolute Gasteiger partial charge is 0.336 e. The minimum atomic E-state index is -0.0162. The molecular weight excluding hydrogens is 180 g/mol. The average molecular weight is 196 g/mol. The summed E-state index contributed by atoms with van der Waals surface area (Å²) in [6.45, 7) is 2.57. The van der Waals surface area contributed by atoms with Crippen molar-refractivity contribution in [2.45, 2.75) is 13.3 Å². The molecule has 78 valence electrons. The minimum Gasteiger partial charge on any atom is -0.336 e. The van der Waals surface area contributed by atoms with Crippen molar-refractivity contribution < 1.29 is 4.79 Å². The predicted molar refractivity (Wildman–Crippen MR) is 55.1 cm³/mol. The van der Waals surface area contributed by atoms with Crippen LogP contribution in [-0.4, -0.2) is 29.1 Å². The number of aryl methyl sites for hydroxylation is 2. The van der Waals surface area contributed by atoms with Gasteiger partial charge in [-0.15, -0.1) is 0 Å². The van der Waals surface area contributed by atoms with Crippen molar-refractivity contribution in [1.82, 2.24) is 14.9 Å². The number of imidazole rings is 1. The van der Waals surface area contributed by atoms with Crippen molar-refractivity contribution in [3.8, 4) is 0 Å². The van der Waals surface area contributed by atoms with E-state index in [1.165, 1.54) is 0 Å². The molecule has 0 atom stereocenters. The maximum absolute atomic E-state index is 11.3. The monoisotopic (exact) mass is 196 g/mol. The number of anilines is 1. The number of hydrogen-bond donors (Lipinski definition) is 2. The van der Waals surface area contributed by atoms with Gasteiger partial charge >= 0.3 is 0 Å². The molecule has 1 amide bonds. The number of aromatic nitrogens is 2. The Bertz CT molecular complexity index is 299. The van der Waals surface area contributed by atoms with Crippen molar-refractivity contribution in [2.24, 2.45) is 7.05 Å². The maximum atomic E-state index is 11.3. The van der Waals surface area contributed by atoms with E-state index in [1.807, 2.05) is 25.6 Å². The lowest BCUT2D eigenvalue weighted by Crippen LogP contribution is -2.18. The quantitative estimate of drug-likeness (QED) is 0.727. The first-order valence-corrected chi connectivity index (χ1v) is 4.58. The van der Waals surface area contributed by atoms with Gasteiger partial charge in [0.15, 0.2) is 5.82 Å². The topological polar surface area (TPSA) is 59.0 Å². The highest BCUT2D eigenvalue weighted by Gasteiger charge is 2.04. The average Bonchev–Trinajstić information content (AvgIpc) is 2.42. The van der Waals surface area contributed by atoms with Crippen molar-refractivity contribution in [2.75, 3.05) is 18.9 Å². The number of carbonyl (C=O) groups is 1. The van der Waals surface area contributed by atoms with Gasteiger partial charge in [-0.3, -0.25) is 4.79 Å². The van der Waals surface area contributed by atoms with E-state index in [9.17, 15) is 4.79 Å². The molecule has 0 aromatic carbocycles. The summed E-state index contributed by atoms with van der Waals surface area (Å²) in [5.41, 5.74) is 0. The molecule has 5 nitrogen and oxygen atoms in total. The molecule has 0 aliphatic carbocycles. The predicted octanol–water partition coefficient (Wildman–Crippen LogP) is 0.277. The second-order valence-electron chi connectivity index (χ2n) is 3.19. The molecule has 0 bridgehead atoms. The zero-order valence-electron chi connectivity index (χ0n) is 8.79. The Hall–Kier alpha value is -1.36. The molecule has 0 fully saturated rings. The standard InChI is InChI=1S/C9H16N4O/c1-7-11-8(6-13(7)3)12-9(14)4-5-10-2/h6,10H,4-5H2,1-3H3,(H,12,14). The molecule has 2 N–H and O–H groups in total. The van der Waals surface area contributed by atoms with Crippen molar-refractivity contribution in [3.63, 3.8) is 0 Å². The highest BCUT2D eigenvalue weighted by atomic mass is 16.1. The summed E-state index contributed by atoms with van der Waals surface area (Å²) in [6.07, 6.45) is 2.26. The molecule has 0 unspecified atom stereocenters. The molecule has 0 spiro atoms. The van der Waals surface area contributed by atoms with E-state index in [0.717, 1.165) is 5.82 Å². The van der Waals surface area contributed by atoms with Crippen LogP contribution in [0.2, 0.25) is 0 Å². The third kappa shape index (κ3) is 2.85. The van der Waals surface area contributed by atoms with E-state index in [2.05, 4.69) is 15.6 Å². The Kier molecular flexibility index (Phi) is 3.64. The molecule has 0 radical (unpaired) electrons. The number of rotatable bonds is 4. The fraction of sp³-hybridized carbons (Fsp3) is 0.556. The van der Waals surface area contributed by atoms with Gasteiger partial charge in [0.25, 0.3) is 0 Å². The number of carbonyl (C=O) groups excluding carboxylic acids is 1. The van der Waals surface area contributed by atoms with Gasteiger partial charge in [-0.05, 0) is 14.0 Å². The SMILES string of the molecule is CNCCC(=O)Nc1cn(C)c(C)n1. The number of nitrogens with one attached hydrogen (secondary N) is 2. The van der Waals surface area contributed by atoms with Gasteiger partial charge in [0, 0.05) is 26.2 Å². The summed E-state index contributed by atoms with van der Waals surface area (Å²) >= 11 is 0. The molecular formula is C9H16N4O. The Morgan fingerprint density at radius 1 is 1.64 bits per heavy atom. The van der Waals surface area contributed by atoms with Crippen LogP contribution in [-0.2, 0) is 11.8 Å². The third-order valence-corrected chi connectivity index (χ3v) is 1.98. The lowest BCUT2D eigenvalue weighted by Gasteiger charge is -2.00. The van der Waals surface area contributed by atoms with Crippen molar-refractivity contribution >= 4 is 11.7 Å². The maximum Gasteiger partial charge on any atom is 0.226 e. The first kappa shape index (κ1) is 10.7. The molecule has 1 aromatic heterocycles. The number of hydrogen-bond acceptors (Lipinski definition) is 3. The van der Waals surface area contributed by atoms with E-state index >= 15 is 0 Å². The van der Waals surface area contributed by atoms with Gasteiger partial charge in [0.05, 0.1) is 0 Å². The highest BCUT2D eigenvalue weighted by molar-refractivity contribution is 5.89. The zero-order chi connectivity index (χ0) is 10.6. The first-order valence-electron chi connectivity index (χ1n) is 4.58. The fourth-order valence-corrected chi connectivity index (χ4v) is 1.06. The number of amides is 1. The van der Waals surface area contributed by atoms with Crippen LogP contribution in [0.4, 0.5) is 5.82 Å². The van der Waals surface area contributed by atoms with E-state index < -0.39 is 0 Å². The highest BCUT2D eigenvalue weighted by Crippen LogP contribution is 2.05. The number of nitrogens with zero attached hydrogens (tertiary/aromatic N) is 2. The summed E-state index contributed by atoms with van der Waals surface area (Å²) in [5, 5.41) is 5.64. The van der Waals surface area contributed by atoms with Gasteiger partial charge in [-0.2, -0.15) is 0 Å². The van der Waals surface area contributed by atoms with Gasteiger partial charge in [0.2, 0.25) is 5.91 Å². The fourth-order valence-electron chi connectivity index (χ4n) is 1.06. The van der Waals surface area contributed by atoms with Gasteiger partial charge in [-0.1, -0.05) is 0 Å². The van der Waals surface area contributed by atoms with E-state index in [1.54, 1.807) is 6.20 Å². The van der Waals surface area contributed by atoms with Crippen LogP contribution >= 0.6 is 0 Å². The Morgan fingerprint density at radius 3 is 2.86 bits per heavy atom. The van der Waals surface area contributed by atoms with Crippen LogP contribution in [0.25, 0.3) is 0 Å². The summed E-state index contributed by atoms with van der Waals surface area (Å²) in [5.74, 6) is 1.48. The zero-order valence-corrected chi connectivity index (χ0v) is 8.79. The Balaban J connectivity index is 2.48. The van der Waals surface area contributed by atoms with Crippen LogP contribution in [0.3, 0.4) is 0 Å². The molecule has 1 aromatic rings. The van der Waals surface area contributed by atoms with E-state index in [4.69, 9.17) is 0 Å². The molecule has 1 heterocycles.